The molecule has 29 heavy (non-hydrogen) atoms. The number of anilines is 2. The van der Waals surface area contributed by atoms with E-state index in [0.717, 1.165) is 22.9 Å². The number of benzene rings is 2. The van der Waals surface area contributed by atoms with Gasteiger partial charge in [-0.3, -0.25) is 0 Å². The van der Waals surface area contributed by atoms with Gasteiger partial charge in [0.15, 0.2) is 0 Å². The van der Waals surface area contributed by atoms with Crippen LogP contribution in [-0.4, -0.2) is 60.2 Å². The maximum absolute atomic E-state index is 10.1. The number of hydrogen-bond donors (Lipinski definition) is 4. The smallest absolute Gasteiger partial charge is 0.119 e. The van der Waals surface area contributed by atoms with E-state index in [1.807, 2.05) is 62.4 Å². The molecule has 0 aliphatic carbocycles. The summed E-state index contributed by atoms with van der Waals surface area (Å²) >= 11 is 1.54. The first-order chi connectivity index (χ1) is 14.1. The first kappa shape index (κ1) is 23.2. The zero-order valence-corrected chi connectivity index (χ0v) is 18.0. The van der Waals surface area contributed by atoms with E-state index in [1.165, 1.54) is 11.8 Å². The van der Waals surface area contributed by atoms with Crippen molar-refractivity contribution in [2.24, 2.45) is 0 Å². The number of aliphatic hydroxyl groups excluding tert-OH is 2. The van der Waals surface area contributed by atoms with E-state index in [9.17, 15) is 10.2 Å². The molecule has 0 aliphatic rings. The molecular formula is C22H32N2O4S. The summed E-state index contributed by atoms with van der Waals surface area (Å²) in [7, 11) is 0. The normalized spacial score (nSPS) is 12.8. The molecular weight excluding hydrogens is 388 g/mol. The summed E-state index contributed by atoms with van der Waals surface area (Å²) in [6, 6.07) is 15.3. The van der Waals surface area contributed by atoms with E-state index in [0.29, 0.717) is 37.8 Å². The minimum absolute atomic E-state index is 0.460. The average molecular weight is 421 g/mol. The number of thioether (sulfide) groups is 1. The standard InChI is InChI=1S/C22H32N2O4S/c1-3-27-21-9-5-17(6-10-21)23-13-19(25)15-29-16-20(26)14-24-18-7-11-22(12-8-18)28-4-2/h5-12,19-20,23-26H,3-4,13-16H2,1-2H3. The summed E-state index contributed by atoms with van der Waals surface area (Å²) in [5.41, 5.74) is 1.88. The van der Waals surface area contributed by atoms with E-state index >= 15 is 0 Å². The van der Waals surface area contributed by atoms with Crippen molar-refractivity contribution in [3.8, 4) is 11.5 Å². The van der Waals surface area contributed by atoms with E-state index < -0.39 is 12.2 Å². The van der Waals surface area contributed by atoms with Gasteiger partial charge in [0.1, 0.15) is 11.5 Å². The lowest BCUT2D eigenvalue weighted by Gasteiger charge is -2.16. The summed E-state index contributed by atoms with van der Waals surface area (Å²) in [6.07, 6.45) is -0.976. The van der Waals surface area contributed by atoms with Crippen LogP contribution in [0.5, 0.6) is 11.5 Å². The third-order valence-electron chi connectivity index (χ3n) is 4.03. The second kappa shape index (κ2) is 13.2. The van der Waals surface area contributed by atoms with Crippen molar-refractivity contribution >= 4 is 23.1 Å². The highest BCUT2D eigenvalue weighted by Gasteiger charge is 2.08. The molecule has 2 unspecified atom stereocenters. The van der Waals surface area contributed by atoms with Gasteiger partial charge in [0.25, 0.3) is 0 Å². The van der Waals surface area contributed by atoms with Gasteiger partial charge in [-0.1, -0.05) is 0 Å². The molecule has 0 saturated carbocycles. The lowest BCUT2D eigenvalue weighted by atomic mass is 10.3. The monoisotopic (exact) mass is 420 g/mol. The van der Waals surface area contributed by atoms with Crippen LogP contribution in [0.1, 0.15) is 13.8 Å². The first-order valence-electron chi connectivity index (χ1n) is 9.98. The first-order valence-corrected chi connectivity index (χ1v) is 11.1. The van der Waals surface area contributed by atoms with Crippen molar-refractivity contribution in [3.63, 3.8) is 0 Å². The molecule has 0 radical (unpaired) electrons. The van der Waals surface area contributed by atoms with Gasteiger partial charge < -0.3 is 30.3 Å². The predicted molar refractivity (Wildman–Crippen MR) is 122 cm³/mol. The molecule has 2 aromatic rings. The Morgan fingerprint density at radius 2 is 1.10 bits per heavy atom. The van der Waals surface area contributed by atoms with E-state index in [2.05, 4.69) is 10.6 Å². The molecule has 6 nitrogen and oxygen atoms in total. The number of ether oxygens (including phenoxy) is 2. The Kier molecular flexibility index (Phi) is 10.5. The fourth-order valence-electron chi connectivity index (χ4n) is 2.60. The van der Waals surface area contributed by atoms with Gasteiger partial charge >= 0.3 is 0 Å². The second-order valence-electron chi connectivity index (χ2n) is 6.52. The Labute approximate surface area is 177 Å². The fraction of sp³-hybridized carbons (Fsp3) is 0.455. The number of hydrogen-bond acceptors (Lipinski definition) is 7. The number of nitrogens with one attached hydrogen (secondary N) is 2. The van der Waals surface area contributed by atoms with Gasteiger partial charge in [-0.15, -0.1) is 0 Å². The molecule has 2 aromatic carbocycles. The van der Waals surface area contributed by atoms with Crippen LogP contribution in [0.4, 0.5) is 11.4 Å². The van der Waals surface area contributed by atoms with Crippen molar-refractivity contribution in [2.45, 2.75) is 26.1 Å². The molecule has 0 fully saturated rings. The molecule has 160 valence electrons. The Bertz CT molecular complexity index is 623. The van der Waals surface area contributed by atoms with Crippen molar-refractivity contribution < 1.29 is 19.7 Å². The quantitative estimate of drug-likeness (QED) is 0.372. The maximum atomic E-state index is 10.1. The van der Waals surface area contributed by atoms with Gasteiger partial charge in [-0.05, 0) is 62.4 Å². The molecule has 4 N–H and O–H groups in total. The van der Waals surface area contributed by atoms with Crippen molar-refractivity contribution in [1.29, 1.82) is 0 Å². The maximum Gasteiger partial charge on any atom is 0.119 e. The SMILES string of the molecule is CCOc1ccc(NCC(O)CSCC(O)CNc2ccc(OCC)cc2)cc1. The number of rotatable bonds is 14. The van der Waals surface area contributed by atoms with E-state index in [4.69, 9.17) is 9.47 Å². The van der Waals surface area contributed by atoms with Gasteiger partial charge in [-0.2, -0.15) is 11.8 Å². The lowest BCUT2D eigenvalue weighted by molar-refractivity contribution is 0.207. The summed E-state index contributed by atoms with van der Waals surface area (Å²) in [6.45, 7) is 6.11. The van der Waals surface area contributed by atoms with Gasteiger partial charge in [0, 0.05) is 36.0 Å². The zero-order chi connectivity index (χ0) is 20.9. The molecule has 0 aliphatic heterocycles. The highest BCUT2D eigenvalue weighted by Crippen LogP contribution is 2.17. The largest absolute Gasteiger partial charge is 0.494 e. The third-order valence-corrected chi connectivity index (χ3v) is 5.28. The van der Waals surface area contributed by atoms with Crippen LogP contribution in [0.3, 0.4) is 0 Å². The molecule has 0 spiro atoms. The lowest BCUT2D eigenvalue weighted by Crippen LogP contribution is -2.25. The van der Waals surface area contributed by atoms with Crippen molar-refractivity contribution in [1.82, 2.24) is 0 Å². The topological polar surface area (TPSA) is 83.0 Å². The van der Waals surface area contributed by atoms with E-state index in [1.54, 1.807) is 0 Å². The molecule has 0 heterocycles. The molecule has 2 rings (SSSR count). The van der Waals surface area contributed by atoms with E-state index in [-0.39, 0.29) is 0 Å². The Hall–Kier alpha value is -2.09. The predicted octanol–water partition coefficient (Wildman–Crippen LogP) is 3.46. The van der Waals surface area contributed by atoms with Crippen LogP contribution in [0.2, 0.25) is 0 Å². The molecule has 0 amide bonds. The molecule has 2 atom stereocenters. The van der Waals surface area contributed by atoms with Gasteiger partial charge in [-0.25, -0.2) is 0 Å². The van der Waals surface area contributed by atoms with Gasteiger partial charge in [0.2, 0.25) is 0 Å². The number of aliphatic hydroxyl groups is 2. The molecule has 0 aromatic heterocycles. The zero-order valence-electron chi connectivity index (χ0n) is 17.1. The van der Waals surface area contributed by atoms with Crippen LogP contribution >= 0.6 is 11.8 Å². The van der Waals surface area contributed by atoms with Crippen LogP contribution < -0.4 is 20.1 Å². The fourth-order valence-corrected chi connectivity index (χ4v) is 3.52. The van der Waals surface area contributed by atoms with Crippen LogP contribution in [0.15, 0.2) is 48.5 Å². The Morgan fingerprint density at radius 3 is 1.45 bits per heavy atom. The third kappa shape index (κ3) is 9.30. The summed E-state index contributed by atoms with van der Waals surface area (Å²) in [5.74, 6) is 2.79. The highest BCUT2D eigenvalue weighted by atomic mass is 32.2. The van der Waals surface area contributed by atoms with Crippen LogP contribution in [0, 0.1) is 0 Å². The summed E-state index contributed by atoms with van der Waals surface area (Å²) in [4.78, 5) is 0. The van der Waals surface area contributed by atoms with Crippen LogP contribution in [-0.2, 0) is 0 Å². The highest BCUT2D eigenvalue weighted by molar-refractivity contribution is 7.99. The Morgan fingerprint density at radius 1 is 0.724 bits per heavy atom. The second-order valence-corrected chi connectivity index (χ2v) is 7.60. The molecule has 7 heteroatoms. The van der Waals surface area contributed by atoms with Crippen molar-refractivity contribution in [3.05, 3.63) is 48.5 Å². The van der Waals surface area contributed by atoms with Crippen molar-refractivity contribution in [2.75, 3.05) is 48.4 Å². The average Bonchev–Trinajstić information content (AvgIpc) is 2.73. The summed E-state index contributed by atoms with van der Waals surface area (Å²) in [5, 5.41) is 26.7. The minimum Gasteiger partial charge on any atom is -0.494 e. The summed E-state index contributed by atoms with van der Waals surface area (Å²) < 4.78 is 10.8. The molecule has 0 bridgehead atoms. The van der Waals surface area contributed by atoms with Crippen LogP contribution in [0.25, 0.3) is 0 Å². The minimum atomic E-state index is -0.488. The van der Waals surface area contributed by atoms with Gasteiger partial charge in [0.05, 0.1) is 25.4 Å². The molecule has 0 saturated heterocycles. The Balaban J connectivity index is 1.58.